The standard InChI is InChI=1S/C26H22F3N3O2S/c27-26(28,29)19-10-7-13-21(16-19)31-25-32(15-14-18-8-3-1-4-9-18)23(33)17-22(35-25)24(34)30-20-11-5-2-6-12-20/h1-13,16,22H,14-15,17H2,(H,30,34). The van der Waals surface area contributed by atoms with Crippen LogP contribution in [0, 0.1) is 0 Å². The predicted molar refractivity (Wildman–Crippen MR) is 131 cm³/mol. The van der Waals surface area contributed by atoms with Crippen LogP contribution in [0.3, 0.4) is 0 Å². The van der Waals surface area contributed by atoms with Crippen molar-refractivity contribution in [1.82, 2.24) is 4.90 Å². The van der Waals surface area contributed by atoms with Gasteiger partial charge in [-0.15, -0.1) is 0 Å². The highest BCUT2D eigenvalue weighted by Gasteiger charge is 2.36. The van der Waals surface area contributed by atoms with Crippen LogP contribution in [-0.2, 0) is 22.2 Å². The summed E-state index contributed by atoms with van der Waals surface area (Å²) in [4.78, 5) is 31.8. The Hall–Kier alpha value is -3.59. The first-order chi connectivity index (χ1) is 16.8. The van der Waals surface area contributed by atoms with E-state index >= 15 is 0 Å². The van der Waals surface area contributed by atoms with Crippen molar-refractivity contribution in [1.29, 1.82) is 0 Å². The number of thioether (sulfide) groups is 1. The average molecular weight is 498 g/mol. The van der Waals surface area contributed by atoms with Gasteiger partial charge in [0, 0.05) is 18.7 Å². The van der Waals surface area contributed by atoms with Crippen LogP contribution in [0.2, 0.25) is 0 Å². The van der Waals surface area contributed by atoms with E-state index in [2.05, 4.69) is 10.3 Å². The fourth-order valence-electron chi connectivity index (χ4n) is 3.55. The summed E-state index contributed by atoms with van der Waals surface area (Å²) >= 11 is 1.08. The Bertz CT molecular complexity index is 1220. The van der Waals surface area contributed by atoms with Gasteiger partial charge in [0.15, 0.2) is 5.17 Å². The van der Waals surface area contributed by atoms with Gasteiger partial charge < -0.3 is 5.32 Å². The quantitative estimate of drug-likeness (QED) is 0.461. The summed E-state index contributed by atoms with van der Waals surface area (Å²) in [6, 6.07) is 23.0. The maximum absolute atomic E-state index is 13.2. The number of para-hydroxylation sites is 1. The highest BCUT2D eigenvalue weighted by Crippen LogP contribution is 2.34. The van der Waals surface area contributed by atoms with Crippen molar-refractivity contribution in [3.8, 4) is 0 Å². The molecule has 2 amide bonds. The van der Waals surface area contributed by atoms with Crippen LogP contribution in [-0.4, -0.2) is 33.7 Å². The molecule has 0 aliphatic carbocycles. The lowest BCUT2D eigenvalue weighted by Crippen LogP contribution is -2.46. The third-order valence-electron chi connectivity index (χ3n) is 5.34. The third-order valence-corrected chi connectivity index (χ3v) is 6.53. The minimum atomic E-state index is -4.52. The third kappa shape index (κ3) is 6.51. The number of carbonyl (C=O) groups excluding carboxylic acids is 2. The van der Waals surface area contributed by atoms with E-state index in [9.17, 15) is 22.8 Å². The largest absolute Gasteiger partial charge is 0.416 e. The number of hydrogen-bond donors (Lipinski definition) is 1. The minimum Gasteiger partial charge on any atom is -0.325 e. The molecule has 1 aliphatic rings. The van der Waals surface area contributed by atoms with Crippen LogP contribution in [0.5, 0.6) is 0 Å². The zero-order valence-corrected chi connectivity index (χ0v) is 19.4. The fourth-order valence-corrected chi connectivity index (χ4v) is 4.68. The Morgan fingerprint density at radius 3 is 2.37 bits per heavy atom. The lowest BCUT2D eigenvalue weighted by atomic mass is 10.1. The van der Waals surface area contributed by atoms with Crippen molar-refractivity contribution < 1.29 is 22.8 Å². The second kappa shape index (κ2) is 10.8. The van der Waals surface area contributed by atoms with Crippen LogP contribution in [0.25, 0.3) is 0 Å². The average Bonchev–Trinajstić information content (AvgIpc) is 2.84. The van der Waals surface area contributed by atoms with Crippen LogP contribution in [0.4, 0.5) is 24.5 Å². The summed E-state index contributed by atoms with van der Waals surface area (Å²) in [7, 11) is 0. The van der Waals surface area contributed by atoms with Crippen molar-refractivity contribution >= 4 is 40.1 Å². The lowest BCUT2D eigenvalue weighted by Gasteiger charge is -2.32. The summed E-state index contributed by atoms with van der Waals surface area (Å²) in [6.07, 6.45) is -4.02. The SMILES string of the molecule is O=C(Nc1ccccc1)C1CC(=O)N(CCc2ccccc2)C(=Nc2cccc(C(F)(F)F)c2)S1. The Kier molecular flexibility index (Phi) is 7.55. The molecule has 4 rings (SSSR count). The van der Waals surface area contributed by atoms with Gasteiger partial charge >= 0.3 is 6.18 Å². The number of halogens is 3. The van der Waals surface area contributed by atoms with E-state index in [0.29, 0.717) is 18.7 Å². The van der Waals surface area contributed by atoms with Crippen LogP contribution in [0.1, 0.15) is 17.5 Å². The normalized spacial score (nSPS) is 17.5. The van der Waals surface area contributed by atoms with E-state index in [4.69, 9.17) is 0 Å². The number of amidine groups is 1. The van der Waals surface area contributed by atoms with E-state index in [1.165, 1.54) is 17.0 Å². The zero-order valence-electron chi connectivity index (χ0n) is 18.5. The summed E-state index contributed by atoms with van der Waals surface area (Å²) in [6.45, 7) is 0.292. The number of nitrogens with zero attached hydrogens (tertiary/aromatic N) is 2. The Morgan fingerprint density at radius 1 is 1.00 bits per heavy atom. The molecule has 1 heterocycles. The Labute approximate surface area is 205 Å². The maximum atomic E-state index is 13.2. The molecule has 5 nitrogen and oxygen atoms in total. The van der Waals surface area contributed by atoms with Gasteiger partial charge in [0.05, 0.1) is 11.3 Å². The van der Waals surface area contributed by atoms with E-state index in [1.54, 1.807) is 24.3 Å². The molecule has 9 heteroatoms. The van der Waals surface area contributed by atoms with Gasteiger partial charge in [-0.1, -0.05) is 66.4 Å². The van der Waals surface area contributed by atoms with Gasteiger partial charge in [-0.2, -0.15) is 13.2 Å². The molecule has 3 aromatic carbocycles. The number of alkyl halides is 3. The van der Waals surface area contributed by atoms with Crippen LogP contribution < -0.4 is 5.32 Å². The van der Waals surface area contributed by atoms with E-state index in [-0.39, 0.29) is 29.1 Å². The number of aliphatic imine (C=N–C) groups is 1. The number of hydrogen-bond acceptors (Lipinski definition) is 4. The molecule has 0 saturated carbocycles. The topological polar surface area (TPSA) is 61.8 Å². The lowest BCUT2D eigenvalue weighted by molar-refractivity contribution is -0.137. The first-order valence-corrected chi connectivity index (χ1v) is 11.8. The first-order valence-electron chi connectivity index (χ1n) is 10.9. The van der Waals surface area contributed by atoms with E-state index in [1.807, 2.05) is 36.4 Å². The summed E-state index contributed by atoms with van der Waals surface area (Å²) < 4.78 is 39.6. The summed E-state index contributed by atoms with van der Waals surface area (Å²) in [5, 5.41) is 2.22. The molecule has 1 saturated heterocycles. The molecule has 35 heavy (non-hydrogen) atoms. The predicted octanol–water partition coefficient (Wildman–Crippen LogP) is 5.91. The van der Waals surface area contributed by atoms with Crippen molar-refractivity contribution in [3.05, 3.63) is 96.1 Å². The monoisotopic (exact) mass is 497 g/mol. The first kappa shape index (κ1) is 24.5. The number of carbonyl (C=O) groups is 2. The molecule has 1 unspecified atom stereocenters. The number of amides is 2. The minimum absolute atomic E-state index is 0.0419. The van der Waals surface area contributed by atoms with Crippen molar-refractivity contribution in [2.24, 2.45) is 4.99 Å². The van der Waals surface area contributed by atoms with Crippen LogP contribution in [0.15, 0.2) is 89.9 Å². The van der Waals surface area contributed by atoms with Gasteiger partial charge in [-0.05, 0) is 42.3 Å². The molecule has 180 valence electrons. The molecule has 3 aromatic rings. The van der Waals surface area contributed by atoms with Crippen LogP contribution >= 0.6 is 11.8 Å². The van der Waals surface area contributed by atoms with E-state index < -0.39 is 17.0 Å². The number of benzene rings is 3. The summed E-state index contributed by atoms with van der Waals surface area (Å²) in [5.74, 6) is -0.673. The molecule has 1 N–H and O–H groups in total. The molecule has 1 aliphatic heterocycles. The van der Waals surface area contributed by atoms with Gasteiger partial charge in [0.1, 0.15) is 5.25 Å². The Balaban J connectivity index is 1.60. The molecule has 0 spiro atoms. The van der Waals surface area contributed by atoms with Gasteiger partial charge in [-0.3, -0.25) is 14.5 Å². The van der Waals surface area contributed by atoms with Crippen molar-refractivity contribution in [3.63, 3.8) is 0 Å². The molecular weight excluding hydrogens is 475 g/mol. The molecule has 0 bridgehead atoms. The van der Waals surface area contributed by atoms with Gasteiger partial charge in [0.2, 0.25) is 11.8 Å². The molecule has 1 fully saturated rings. The number of anilines is 1. The van der Waals surface area contributed by atoms with Gasteiger partial charge in [0.25, 0.3) is 0 Å². The fraction of sp³-hybridized carbons (Fsp3) is 0.192. The smallest absolute Gasteiger partial charge is 0.325 e. The highest BCUT2D eigenvalue weighted by atomic mass is 32.2. The van der Waals surface area contributed by atoms with Gasteiger partial charge in [-0.25, -0.2) is 4.99 Å². The van der Waals surface area contributed by atoms with E-state index in [0.717, 1.165) is 29.5 Å². The van der Waals surface area contributed by atoms with Crippen molar-refractivity contribution in [2.75, 3.05) is 11.9 Å². The second-order valence-corrected chi connectivity index (χ2v) is 9.06. The number of rotatable bonds is 6. The summed E-state index contributed by atoms with van der Waals surface area (Å²) in [5.41, 5.74) is 0.825. The molecule has 1 atom stereocenters. The molecule has 0 radical (unpaired) electrons. The Morgan fingerprint density at radius 2 is 1.69 bits per heavy atom. The highest BCUT2D eigenvalue weighted by molar-refractivity contribution is 8.15. The maximum Gasteiger partial charge on any atom is 0.416 e. The van der Waals surface area contributed by atoms with Crippen molar-refractivity contribution in [2.45, 2.75) is 24.3 Å². The molecular formula is C26H22F3N3O2S. The zero-order chi connectivity index (χ0) is 24.8. The molecule has 0 aromatic heterocycles. The second-order valence-electron chi connectivity index (χ2n) is 7.89. The number of nitrogens with one attached hydrogen (secondary N) is 1.